The maximum atomic E-state index is 6.12. The minimum atomic E-state index is 0.606. The Bertz CT molecular complexity index is 1080. The molecule has 0 aliphatic rings. The third-order valence-electron chi connectivity index (χ3n) is 4.24. The van der Waals surface area contributed by atoms with Crippen LogP contribution in [0.15, 0.2) is 93.6 Å². The summed E-state index contributed by atoms with van der Waals surface area (Å²) in [5.74, 6) is 1.33. The van der Waals surface area contributed by atoms with Gasteiger partial charge in [0.1, 0.15) is 5.69 Å². The largest absolute Gasteiger partial charge is 0.436 e. The van der Waals surface area contributed by atoms with Gasteiger partial charge in [0.05, 0.1) is 0 Å². The molecule has 28 heavy (non-hydrogen) atoms. The number of aromatic nitrogens is 1. The lowest BCUT2D eigenvalue weighted by molar-refractivity contribution is 0.565. The van der Waals surface area contributed by atoms with E-state index in [1.165, 1.54) is 10.5 Å². The molecule has 3 aromatic carbocycles. The van der Waals surface area contributed by atoms with Crippen molar-refractivity contribution in [2.24, 2.45) is 0 Å². The summed E-state index contributed by atoms with van der Waals surface area (Å²) >= 11 is 7.68. The molecular weight excluding hydrogens is 386 g/mol. The van der Waals surface area contributed by atoms with E-state index in [0.29, 0.717) is 10.9 Å². The maximum Gasteiger partial charge on any atom is 0.227 e. The summed E-state index contributed by atoms with van der Waals surface area (Å²) < 4.78 is 6.12. The van der Waals surface area contributed by atoms with Crippen LogP contribution < -0.4 is 0 Å². The van der Waals surface area contributed by atoms with Crippen LogP contribution in [-0.4, -0.2) is 4.98 Å². The number of halogens is 1. The molecule has 0 bridgehead atoms. The molecule has 4 heteroatoms. The molecule has 0 aliphatic heterocycles. The summed E-state index contributed by atoms with van der Waals surface area (Å²) in [4.78, 5) is 5.94. The fourth-order valence-electron chi connectivity index (χ4n) is 2.75. The first-order valence-electron chi connectivity index (χ1n) is 8.91. The highest BCUT2D eigenvalue weighted by Gasteiger charge is 2.14. The summed E-state index contributed by atoms with van der Waals surface area (Å²) in [6.07, 6.45) is 1.96. The van der Waals surface area contributed by atoms with Crippen LogP contribution in [0.5, 0.6) is 0 Å². The van der Waals surface area contributed by atoms with Crippen LogP contribution in [0.1, 0.15) is 11.3 Å². The second-order valence-electron chi connectivity index (χ2n) is 6.34. The Morgan fingerprint density at radius 2 is 1.54 bits per heavy atom. The zero-order chi connectivity index (χ0) is 19.3. The molecule has 1 aromatic heterocycles. The van der Waals surface area contributed by atoms with Crippen LogP contribution in [0.2, 0.25) is 5.02 Å². The average molecular weight is 404 g/mol. The van der Waals surface area contributed by atoms with Crippen LogP contribution >= 0.6 is 23.4 Å². The maximum absolute atomic E-state index is 6.12. The Morgan fingerprint density at radius 3 is 2.25 bits per heavy atom. The number of thioether (sulfide) groups is 1. The zero-order valence-corrected chi connectivity index (χ0v) is 16.9. The molecule has 138 valence electrons. The van der Waals surface area contributed by atoms with Crippen molar-refractivity contribution in [1.82, 2.24) is 4.98 Å². The summed E-state index contributed by atoms with van der Waals surface area (Å²) in [7, 11) is 0. The van der Waals surface area contributed by atoms with E-state index in [-0.39, 0.29) is 0 Å². The van der Waals surface area contributed by atoms with Crippen molar-refractivity contribution in [2.75, 3.05) is 0 Å². The van der Waals surface area contributed by atoms with Gasteiger partial charge in [0.25, 0.3) is 0 Å². The Morgan fingerprint density at radius 1 is 0.857 bits per heavy atom. The lowest BCUT2D eigenvalue weighted by Gasteiger charge is -1.98. The fourth-order valence-corrected chi connectivity index (χ4v) is 3.54. The lowest BCUT2D eigenvalue weighted by atomic mass is 10.1. The van der Waals surface area contributed by atoms with Crippen LogP contribution in [-0.2, 0) is 0 Å². The smallest absolute Gasteiger partial charge is 0.227 e. The number of aryl methyl sites for hydroxylation is 1. The van der Waals surface area contributed by atoms with Crippen molar-refractivity contribution in [3.8, 4) is 22.7 Å². The molecule has 0 saturated carbocycles. The molecule has 0 atom stereocenters. The number of rotatable bonds is 5. The molecular formula is C24H18ClNOS. The van der Waals surface area contributed by atoms with Gasteiger partial charge in [-0.15, -0.1) is 0 Å². The normalized spacial score (nSPS) is 11.2. The molecule has 0 radical (unpaired) electrons. The van der Waals surface area contributed by atoms with Gasteiger partial charge in [-0.05, 0) is 54.8 Å². The molecule has 0 N–H and O–H groups in total. The third kappa shape index (κ3) is 4.38. The Hall–Kier alpha value is -2.75. The van der Waals surface area contributed by atoms with E-state index in [0.717, 1.165) is 22.6 Å². The van der Waals surface area contributed by atoms with Gasteiger partial charge in [0.15, 0.2) is 5.76 Å². The first-order valence-corrected chi connectivity index (χ1v) is 10.2. The van der Waals surface area contributed by atoms with Gasteiger partial charge in [0.2, 0.25) is 5.89 Å². The number of hydrogen-bond donors (Lipinski definition) is 0. The number of hydrogen-bond acceptors (Lipinski definition) is 3. The van der Waals surface area contributed by atoms with Crippen LogP contribution in [0.25, 0.3) is 28.8 Å². The van der Waals surface area contributed by atoms with E-state index >= 15 is 0 Å². The Kier molecular flexibility index (Phi) is 5.65. The van der Waals surface area contributed by atoms with E-state index in [1.54, 1.807) is 11.8 Å². The molecule has 0 unspecified atom stereocenters. The predicted octanol–water partition coefficient (Wildman–Crippen LogP) is 7.73. The van der Waals surface area contributed by atoms with Crippen LogP contribution in [0, 0.1) is 6.92 Å². The van der Waals surface area contributed by atoms with Gasteiger partial charge in [-0.2, -0.15) is 0 Å². The second kappa shape index (κ2) is 8.51. The first-order chi connectivity index (χ1) is 13.7. The van der Waals surface area contributed by atoms with Crippen LogP contribution in [0.4, 0.5) is 0 Å². The van der Waals surface area contributed by atoms with Crippen LogP contribution in [0.3, 0.4) is 0 Å². The molecule has 1 heterocycles. The van der Waals surface area contributed by atoms with E-state index in [2.05, 4.69) is 31.2 Å². The molecule has 0 aliphatic carbocycles. The SMILES string of the molecule is Cc1ccc(-c2nc(-c3ccc(Cl)cc3)c(/C=C/Sc3ccccc3)o2)cc1. The van der Waals surface area contributed by atoms with Gasteiger partial charge in [0, 0.05) is 21.0 Å². The van der Waals surface area contributed by atoms with E-state index in [4.69, 9.17) is 21.0 Å². The lowest BCUT2D eigenvalue weighted by Crippen LogP contribution is -1.82. The van der Waals surface area contributed by atoms with Crippen molar-refractivity contribution in [2.45, 2.75) is 11.8 Å². The first kappa shape index (κ1) is 18.6. The standard InChI is InChI=1S/C24H18ClNOS/c1-17-7-9-19(10-8-17)24-26-23(18-11-13-20(25)14-12-18)22(27-24)15-16-28-21-5-3-2-4-6-21/h2-16H,1H3/b16-15+. The van der Waals surface area contributed by atoms with Crippen molar-refractivity contribution in [3.63, 3.8) is 0 Å². The Labute approximate surface area is 173 Å². The monoisotopic (exact) mass is 403 g/mol. The minimum Gasteiger partial charge on any atom is -0.436 e. The van der Waals surface area contributed by atoms with Gasteiger partial charge < -0.3 is 4.42 Å². The molecule has 2 nitrogen and oxygen atoms in total. The van der Waals surface area contributed by atoms with Crippen molar-refractivity contribution in [1.29, 1.82) is 0 Å². The summed E-state index contributed by atoms with van der Waals surface area (Å²) in [5.41, 5.74) is 3.93. The molecule has 0 saturated heterocycles. The summed E-state index contributed by atoms with van der Waals surface area (Å²) in [5, 5.41) is 2.72. The van der Waals surface area contributed by atoms with E-state index in [1.807, 2.05) is 66.1 Å². The van der Waals surface area contributed by atoms with E-state index in [9.17, 15) is 0 Å². The summed E-state index contributed by atoms with van der Waals surface area (Å²) in [6.45, 7) is 2.06. The van der Waals surface area contributed by atoms with Gasteiger partial charge in [-0.3, -0.25) is 0 Å². The number of nitrogens with zero attached hydrogens (tertiary/aromatic N) is 1. The van der Waals surface area contributed by atoms with Gasteiger partial charge in [-0.1, -0.05) is 71.4 Å². The highest BCUT2D eigenvalue weighted by Crippen LogP contribution is 2.32. The van der Waals surface area contributed by atoms with Crippen molar-refractivity contribution in [3.05, 3.63) is 101 Å². The molecule has 4 aromatic rings. The number of benzene rings is 3. The average Bonchev–Trinajstić information content (AvgIpc) is 3.14. The predicted molar refractivity (Wildman–Crippen MR) is 118 cm³/mol. The van der Waals surface area contributed by atoms with Crippen molar-refractivity contribution >= 4 is 29.4 Å². The second-order valence-corrected chi connectivity index (χ2v) is 7.75. The third-order valence-corrected chi connectivity index (χ3v) is 5.30. The summed E-state index contributed by atoms with van der Waals surface area (Å²) in [6, 6.07) is 26.0. The zero-order valence-electron chi connectivity index (χ0n) is 15.3. The molecule has 0 amide bonds. The number of oxazole rings is 1. The quantitative estimate of drug-likeness (QED) is 0.319. The molecule has 0 fully saturated rings. The molecule has 4 rings (SSSR count). The van der Waals surface area contributed by atoms with Crippen molar-refractivity contribution < 1.29 is 4.42 Å². The fraction of sp³-hybridized carbons (Fsp3) is 0.0417. The van der Waals surface area contributed by atoms with E-state index < -0.39 is 0 Å². The van der Waals surface area contributed by atoms with Gasteiger partial charge in [-0.25, -0.2) is 4.98 Å². The topological polar surface area (TPSA) is 26.0 Å². The minimum absolute atomic E-state index is 0.606. The van der Waals surface area contributed by atoms with Gasteiger partial charge >= 0.3 is 0 Å². The molecule has 0 spiro atoms. The Balaban J connectivity index is 1.70. The highest BCUT2D eigenvalue weighted by molar-refractivity contribution is 8.02. The highest BCUT2D eigenvalue weighted by atomic mass is 35.5.